The first-order valence-corrected chi connectivity index (χ1v) is 10.0. The summed E-state index contributed by atoms with van der Waals surface area (Å²) in [7, 11) is -1.22. The van der Waals surface area contributed by atoms with E-state index < -0.39 is 14.8 Å². The van der Waals surface area contributed by atoms with Crippen molar-refractivity contribution in [3.05, 3.63) is 35.4 Å². The van der Waals surface area contributed by atoms with E-state index in [0.717, 1.165) is 18.5 Å². The SMILES string of the molecule is CCCNS(=O)(=O)C(C)(C)c1ccc(C2CCCN(C)C2)cc1. The zero-order valence-electron chi connectivity index (χ0n) is 14.8. The van der Waals surface area contributed by atoms with Gasteiger partial charge < -0.3 is 4.90 Å². The second kappa shape index (κ2) is 7.32. The van der Waals surface area contributed by atoms with Crippen molar-refractivity contribution in [3.63, 3.8) is 0 Å². The van der Waals surface area contributed by atoms with Gasteiger partial charge in [-0.2, -0.15) is 0 Å². The summed E-state index contributed by atoms with van der Waals surface area (Å²) in [6.07, 6.45) is 3.23. The van der Waals surface area contributed by atoms with Crippen LogP contribution in [0.15, 0.2) is 24.3 Å². The molecule has 0 radical (unpaired) electrons. The Morgan fingerprint density at radius 1 is 1.26 bits per heavy atom. The van der Waals surface area contributed by atoms with Gasteiger partial charge in [0.05, 0.1) is 0 Å². The molecule has 1 aromatic rings. The summed E-state index contributed by atoms with van der Waals surface area (Å²) in [5.74, 6) is 0.556. The van der Waals surface area contributed by atoms with E-state index in [1.807, 2.05) is 19.1 Å². The van der Waals surface area contributed by atoms with E-state index in [0.29, 0.717) is 12.5 Å². The number of hydrogen-bond donors (Lipinski definition) is 1. The number of hydrogen-bond acceptors (Lipinski definition) is 3. The fourth-order valence-electron chi connectivity index (χ4n) is 3.17. The van der Waals surface area contributed by atoms with Crippen LogP contribution in [0.5, 0.6) is 0 Å². The van der Waals surface area contributed by atoms with Gasteiger partial charge in [0, 0.05) is 13.1 Å². The van der Waals surface area contributed by atoms with Gasteiger partial charge in [-0.05, 0) is 63.7 Å². The van der Waals surface area contributed by atoms with Crippen molar-refractivity contribution < 1.29 is 8.42 Å². The molecule has 1 atom stereocenters. The number of piperidine rings is 1. The minimum atomic E-state index is -3.38. The standard InChI is InChI=1S/C18H30N2O2S/c1-5-12-19-23(21,22)18(2,3)17-10-8-15(9-11-17)16-7-6-13-20(4)14-16/h8-11,16,19H,5-7,12-14H2,1-4H3. The van der Waals surface area contributed by atoms with Crippen molar-refractivity contribution in [2.45, 2.75) is 50.7 Å². The van der Waals surface area contributed by atoms with Crippen LogP contribution in [0, 0.1) is 0 Å². The van der Waals surface area contributed by atoms with Crippen LogP contribution >= 0.6 is 0 Å². The summed E-state index contributed by atoms with van der Waals surface area (Å²) in [6, 6.07) is 8.18. The van der Waals surface area contributed by atoms with Gasteiger partial charge >= 0.3 is 0 Å². The van der Waals surface area contributed by atoms with Crippen LogP contribution in [0.1, 0.15) is 57.1 Å². The minimum absolute atomic E-state index is 0.484. The van der Waals surface area contributed by atoms with Crippen molar-refractivity contribution in [2.75, 3.05) is 26.7 Å². The first-order valence-electron chi connectivity index (χ1n) is 8.56. The Morgan fingerprint density at radius 3 is 2.48 bits per heavy atom. The van der Waals surface area contributed by atoms with E-state index >= 15 is 0 Å². The average molecular weight is 339 g/mol. The number of nitrogens with zero attached hydrogens (tertiary/aromatic N) is 1. The molecule has 0 spiro atoms. The predicted octanol–water partition coefficient (Wildman–Crippen LogP) is 3.06. The highest BCUT2D eigenvalue weighted by molar-refractivity contribution is 7.90. The Bertz CT molecular complexity index is 608. The molecule has 23 heavy (non-hydrogen) atoms. The van der Waals surface area contributed by atoms with Crippen LogP contribution in [0.4, 0.5) is 0 Å². The Balaban J connectivity index is 2.18. The molecule has 1 aliphatic heterocycles. The lowest BCUT2D eigenvalue weighted by atomic mass is 9.89. The second-order valence-corrected chi connectivity index (χ2v) is 9.45. The molecular weight excluding hydrogens is 308 g/mol. The Kier molecular flexibility index (Phi) is 5.87. The lowest BCUT2D eigenvalue weighted by molar-refractivity contribution is 0.251. The molecule has 1 aliphatic rings. The van der Waals surface area contributed by atoms with Gasteiger partial charge in [0.15, 0.2) is 0 Å². The molecule has 1 unspecified atom stereocenters. The van der Waals surface area contributed by atoms with E-state index in [-0.39, 0.29) is 0 Å². The van der Waals surface area contributed by atoms with Crippen molar-refractivity contribution in [1.82, 2.24) is 9.62 Å². The fourth-order valence-corrected chi connectivity index (χ4v) is 4.45. The normalized spacial score (nSPS) is 20.6. The summed E-state index contributed by atoms with van der Waals surface area (Å²) < 4.78 is 26.8. The molecule has 1 heterocycles. The zero-order valence-corrected chi connectivity index (χ0v) is 15.6. The fraction of sp³-hybridized carbons (Fsp3) is 0.667. The number of likely N-dealkylation sites (N-methyl/N-ethyl adjacent to an activating group) is 1. The van der Waals surface area contributed by atoms with Gasteiger partial charge in [-0.15, -0.1) is 0 Å². The zero-order chi connectivity index (χ0) is 17.1. The monoisotopic (exact) mass is 338 g/mol. The van der Waals surface area contributed by atoms with Crippen LogP contribution < -0.4 is 4.72 Å². The Morgan fingerprint density at radius 2 is 1.91 bits per heavy atom. The molecular formula is C18H30N2O2S. The summed E-state index contributed by atoms with van der Waals surface area (Å²) >= 11 is 0. The van der Waals surface area contributed by atoms with Crippen molar-refractivity contribution in [2.24, 2.45) is 0 Å². The van der Waals surface area contributed by atoms with Gasteiger partial charge in [0.1, 0.15) is 4.75 Å². The summed E-state index contributed by atoms with van der Waals surface area (Å²) in [6.45, 7) is 8.24. The van der Waals surface area contributed by atoms with E-state index in [1.165, 1.54) is 24.9 Å². The van der Waals surface area contributed by atoms with Crippen molar-refractivity contribution >= 4 is 10.0 Å². The number of benzene rings is 1. The Labute approximate surface area is 141 Å². The van der Waals surface area contributed by atoms with E-state index in [4.69, 9.17) is 0 Å². The number of likely N-dealkylation sites (tertiary alicyclic amines) is 1. The quantitative estimate of drug-likeness (QED) is 0.867. The largest absolute Gasteiger partial charge is 0.306 e. The predicted molar refractivity (Wildman–Crippen MR) is 96.2 cm³/mol. The Hall–Kier alpha value is -0.910. The molecule has 1 saturated heterocycles. The summed E-state index contributed by atoms with van der Waals surface area (Å²) in [5, 5.41) is 0. The highest BCUT2D eigenvalue weighted by Crippen LogP contribution is 2.32. The minimum Gasteiger partial charge on any atom is -0.306 e. The average Bonchev–Trinajstić information content (AvgIpc) is 2.53. The summed E-state index contributed by atoms with van der Waals surface area (Å²) in [5.41, 5.74) is 2.16. The van der Waals surface area contributed by atoms with Crippen LogP contribution in [0.3, 0.4) is 0 Å². The van der Waals surface area contributed by atoms with Crippen LogP contribution in [-0.2, 0) is 14.8 Å². The van der Waals surface area contributed by atoms with Gasteiger partial charge in [0.2, 0.25) is 10.0 Å². The van der Waals surface area contributed by atoms with Gasteiger partial charge in [0.25, 0.3) is 0 Å². The highest BCUT2D eigenvalue weighted by Gasteiger charge is 2.35. The highest BCUT2D eigenvalue weighted by atomic mass is 32.2. The van der Waals surface area contributed by atoms with Crippen molar-refractivity contribution in [1.29, 1.82) is 0 Å². The first-order chi connectivity index (χ1) is 10.8. The molecule has 1 N–H and O–H groups in total. The molecule has 2 rings (SSSR count). The third kappa shape index (κ3) is 4.14. The maximum Gasteiger partial charge on any atom is 0.221 e. The second-order valence-electron chi connectivity index (χ2n) is 7.13. The molecule has 0 saturated carbocycles. The molecule has 1 fully saturated rings. The molecule has 0 aromatic heterocycles. The molecule has 0 bridgehead atoms. The lowest BCUT2D eigenvalue weighted by Crippen LogP contribution is -2.40. The third-order valence-corrected chi connectivity index (χ3v) is 7.08. The third-order valence-electron chi connectivity index (χ3n) is 4.92. The first kappa shape index (κ1) is 18.4. The van der Waals surface area contributed by atoms with Gasteiger partial charge in [-0.25, -0.2) is 13.1 Å². The van der Waals surface area contributed by atoms with Crippen LogP contribution in [0.25, 0.3) is 0 Å². The van der Waals surface area contributed by atoms with E-state index in [2.05, 4.69) is 28.8 Å². The lowest BCUT2D eigenvalue weighted by Gasteiger charge is -2.30. The van der Waals surface area contributed by atoms with Gasteiger partial charge in [-0.3, -0.25) is 0 Å². The smallest absolute Gasteiger partial charge is 0.221 e. The maximum absolute atomic E-state index is 12.5. The molecule has 4 nitrogen and oxygen atoms in total. The van der Waals surface area contributed by atoms with Crippen molar-refractivity contribution in [3.8, 4) is 0 Å². The molecule has 1 aromatic carbocycles. The van der Waals surface area contributed by atoms with Crippen LogP contribution in [-0.4, -0.2) is 40.0 Å². The van der Waals surface area contributed by atoms with E-state index in [9.17, 15) is 8.42 Å². The number of sulfonamides is 1. The molecule has 130 valence electrons. The molecule has 0 amide bonds. The summed E-state index contributed by atoms with van der Waals surface area (Å²) in [4.78, 5) is 2.37. The topological polar surface area (TPSA) is 49.4 Å². The van der Waals surface area contributed by atoms with E-state index in [1.54, 1.807) is 13.8 Å². The number of rotatable bonds is 6. The molecule has 5 heteroatoms. The molecule has 0 aliphatic carbocycles. The number of nitrogens with one attached hydrogen (secondary N) is 1. The van der Waals surface area contributed by atoms with Crippen LogP contribution in [0.2, 0.25) is 0 Å². The van der Waals surface area contributed by atoms with Gasteiger partial charge in [-0.1, -0.05) is 31.2 Å². The maximum atomic E-state index is 12.5.